The molecule has 0 spiro atoms. The van der Waals surface area contributed by atoms with Gasteiger partial charge in [0.25, 0.3) is 5.91 Å². The Morgan fingerprint density at radius 1 is 0.912 bits per heavy atom. The number of amides is 2. The second kappa shape index (κ2) is 11.7. The van der Waals surface area contributed by atoms with E-state index >= 15 is 0 Å². The van der Waals surface area contributed by atoms with Crippen LogP contribution in [0.15, 0.2) is 78.9 Å². The average molecular weight is 477 g/mol. The van der Waals surface area contributed by atoms with Gasteiger partial charge in [0.2, 0.25) is 5.91 Å². The summed E-state index contributed by atoms with van der Waals surface area (Å²) in [4.78, 5) is 27.4. The van der Waals surface area contributed by atoms with Crippen LogP contribution in [0.25, 0.3) is 0 Å². The molecule has 1 aliphatic heterocycles. The lowest BCUT2D eigenvalue weighted by Crippen LogP contribution is -2.46. The predicted molar refractivity (Wildman–Crippen MR) is 134 cm³/mol. The van der Waals surface area contributed by atoms with E-state index in [1.807, 2.05) is 77.7 Å². The van der Waals surface area contributed by atoms with E-state index in [9.17, 15) is 9.59 Å². The van der Waals surface area contributed by atoms with Crippen LogP contribution in [0.5, 0.6) is 5.75 Å². The number of carbonyl (C=O) groups excluding carboxylic acids is 2. The van der Waals surface area contributed by atoms with Gasteiger partial charge in [0.15, 0.2) is 0 Å². The van der Waals surface area contributed by atoms with Gasteiger partial charge in [-0.3, -0.25) is 9.59 Å². The second-order valence-corrected chi connectivity index (χ2v) is 8.90. The Kier molecular flexibility index (Phi) is 8.21. The minimum Gasteiger partial charge on any atom is -0.488 e. The third-order valence-corrected chi connectivity index (χ3v) is 6.46. The molecule has 2 amide bonds. The van der Waals surface area contributed by atoms with Crippen LogP contribution in [0.2, 0.25) is 5.02 Å². The fourth-order valence-electron chi connectivity index (χ4n) is 4.14. The molecule has 1 fully saturated rings. The molecule has 0 unspecified atom stereocenters. The van der Waals surface area contributed by atoms with Crippen molar-refractivity contribution in [2.75, 3.05) is 13.1 Å². The van der Waals surface area contributed by atoms with Crippen LogP contribution < -0.4 is 10.1 Å². The Labute approximate surface area is 205 Å². The van der Waals surface area contributed by atoms with E-state index in [1.165, 1.54) is 0 Å². The summed E-state index contributed by atoms with van der Waals surface area (Å²) >= 11 is 6.23. The van der Waals surface area contributed by atoms with Crippen molar-refractivity contribution in [3.63, 3.8) is 0 Å². The quantitative estimate of drug-likeness (QED) is 0.481. The molecule has 0 aliphatic carbocycles. The number of nitrogens with one attached hydrogen (secondary N) is 1. The van der Waals surface area contributed by atoms with Gasteiger partial charge in [0.05, 0.1) is 5.56 Å². The number of halogens is 1. The normalized spacial score (nSPS) is 14.0. The summed E-state index contributed by atoms with van der Waals surface area (Å²) in [6, 6.07) is 24.9. The van der Waals surface area contributed by atoms with Gasteiger partial charge in [-0.1, -0.05) is 72.3 Å². The van der Waals surface area contributed by atoms with Gasteiger partial charge < -0.3 is 15.0 Å². The Morgan fingerprint density at radius 3 is 2.35 bits per heavy atom. The number of hydrogen-bond donors (Lipinski definition) is 1. The Morgan fingerprint density at radius 2 is 1.59 bits per heavy atom. The molecule has 4 rings (SSSR count). The van der Waals surface area contributed by atoms with E-state index in [0.29, 0.717) is 42.5 Å². The van der Waals surface area contributed by atoms with Gasteiger partial charge in [0, 0.05) is 36.1 Å². The van der Waals surface area contributed by atoms with Crippen LogP contribution in [0.4, 0.5) is 0 Å². The van der Waals surface area contributed by atoms with Gasteiger partial charge in [0.1, 0.15) is 12.4 Å². The summed E-state index contributed by atoms with van der Waals surface area (Å²) in [5.74, 6) is 0.555. The third-order valence-electron chi connectivity index (χ3n) is 6.09. The standard InChI is InChI=1S/C28H29ClN2O3/c29-25-12-6-4-10-22(25)20-34-26-13-7-5-11-24(26)28(33)31-18-16-23(17-19-31)30-27(32)15-14-21-8-2-1-3-9-21/h1-13,23H,14-20H2,(H,30,32). The molecule has 0 atom stereocenters. The van der Waals surface area contributed by atoms with Crippen molar-refractivity contribution in [2.45, 2.75) is 38.3 Å². The fraction of sp³-hybridized carbons (Fsp3) is 0.286. The van der Waals surface area contributed by atoms with Crippen LogP contribution >= 0.6 is 11.6 Å². The molecule has 0 bridgehead atoms. The summed E-state index contributed by atoms with van der Waals surface area (Å²) in [5.41, 5.74) is 2.57. The summed E-state index contributed by atoms with van der Waals surface area (Å²) in [6.45, 7) is 1.49. The number of piperidine rings is 1. The highest BCUT2D eigenvalue weighted by Gasteiger charge is 2.26. The molecule has 1 saturated heterocycles. The number of carbonyl (C=O) groups is 2. The first-order valence-corrected chi connectivity index (χ1v) is 12.1. The van der Waals surface area contributed by atoms with Crippen LogP contribution in [0, 0.1) is 0 Å². The number of hydrogen-bond acceptors (Lipinski definition) is 3. The molecule has 0 radical (unpaired) electrons. The van der Waals surface area contributed by atoms with Gasteiger partial charge >= 0.3 is 0 Å². The van der Waals surface area contributed by atoms with Crippen LogP contribution in [0.1, 0.15) is 40.7 Å². The van der Waals surface area contributed by atoms with E-state index in [2.05, 4.69) is 5.32 Å². The Hall–Kier alpha value is -3.31. The van der Waals surface area contributed by atoms with Gasteiger partial charge in [-0.2, -0.15) is 0 Å². The molecule has 0 saturated carbocycles. The molecule has 34 heavy (non-hydrogen) atoms. The average Bonchev–Trinajstić information content (AvgIpc) is 2.88. The summed E-state index contributed by atoms with van der Waals surface area (Å²) in [7, 11) is 0. The molecule has 5 nitrogen and oxygen atoms in total. The lowest BCUT2D eigenvalue weighted by Gasteiger charge is -2.32. The van der Waals surface area contributed by atoms with Crippen molar-refractivity contribution in [1.82, 2.24) is 10.2 Å². The smallest absolute Gasteiger partial charge is 0.257 e. The highest BCUT2D eigenvalue weighted by atomic mass is 35.5. The molecular weight excluding hydrogens is 448 g/mol. The van der Waals surface area contributed by atoms with Crippen molar-refractivity contribution in [2.24, 2.45) is 0 Å². The van der Waals surface area contributed by atoms with Crippen LogP contribution in [-0.2, 0) is 17.8 Å². The SMILES string of the molecule is O=C(CCc1ccccc1)NC1CCN(C(=O)c2ccccc2OCc2ccccc2Cl)CC1. The van der Waals surface area contributed by atoms with Crippen molar-refractivity contribution in [3.8, 4) is 5.75 Å². The molecule has 0 aromatic heterocycles. The van der Waals surface area contributed by atoms with E-state index in [1.54, 1.807) is 6.07 Å². The van der Waals surface area contributed by atoms with Gasteiger partial charge in [-0.05, 0) is 43.0 Å². The zero-order valence-electron chi connectivity index (χ0n) is 19.1. The first kappa shape index (κ1) is 23.8. The third kappa shape index (κ3) is 6.39. The molecule has 176 valence electrons. The minimum atomic E-state index is -0.0522. The number of likely N-dealkylation sites (tertiary alicyclic amines) is 1. The molecule has 1 N–H and O–H groups in total. The van der Waals surface area contributed by atoms with E-state index in [0.717, 1.165) is 30.4 Å². The maximum atomic E-state index is 13.2. The fourth-order valence-corrected chi connectivity index (χ4v) is 4.33. The first-order valence-electron chi connectivity index (χ1n) is 11.7. The Bertz CT molecular complexity index is 1110. The van der Waals surface area contributed by atoms with Crippen molar-refractivity contribution >= 4 is 23.4 Å². The molecule has 6 heteroatoms. The summed E-state index contributed by atoms with van der Waals surface area (Å²) in [5, 5.41) is 3.77. The first-order chi connectivity index (χ1) is 16.6. The lowest BCUT2D eigenvalue weighted by atomic mass is 10.0. The van der Waals surface area contributed by atoms with E-state index in [4.69, 9.17) is 16.3 Å². The van der Waals surface area contributed by atoms with Crippen molar-refractivity contribution in [3.05, 3.63) is 101 Å². The Balaban J connectivity index is 1.28. The van der Waals surface area contributed by atoms with Gasteiger partial charge in [-0.25, -0.2) is 0 Å². The van der Waals surface area contributed by atoms with Crippen molar-refractivity contribution in [1.29, 1.82) is 0 Å². The number of benzene rings is 3. The number of para-hydroxylation sites is 1. The monoisotopic (exact) mass is 476 g/mol. The zero-order chi connectivity index (χ0) is 23.8. The highest BCUT2D eigenvalue weighted by molar-refractivity contribution is 6.31. The summed E-state index contributed by atoms with van der Waals surface area (Å²) in [6.07, 6.45) is 2.69. The van der Waals surface area contributed by atoms with Crippen molar-refractivity contribution < 1.29 is 14.3 Å². The number of ether oxygens (including phenoxy) is 1. The lowest BCUT2D eigenvalue weighted by molar-refractivity contribution is -0.122. The maximum Gasteiger partial charge on any atom is 0.257 e. The van der Waals surface area contributed by atoms with Crippen LogP contribution in [-0.4, -0.2) is 35.8 Å². The molecule has 1 aliphatic rings. The largest absolute Gasteiger partial charge is 0.488 e. The van der Waals surface area contributed by atoms with Crippen LogP contribution in [0.3, 0.4) is 0 Å². The second-order valence-electron chi connectivity index (χ2n) is 8.50. The summed E-state index contributed by atoms with van der Waals surface area (Å²) < 4.78 is 5.96. The predicted octanol–water partition coefficient (Wildman–Crippen LogP) is 5.27. The number of nitrogens with zero attached hydrogens (tertiary/aromatic N) is 1. The topological polar surface area (TPSA) is 58.6 Å². The molecular formula is C28H29ClN2O3. The van der Waals surface area contributed by atoms with E-state index in [-0.39, 0.29) is 17.9 Å². The minimum absolute atomic E-state index is 0.0522. The molecule has 3 aromatic rings. The number of rotatable bonds is 8. The number of aryl methyl sites for hydroxylation is 1. The van der Waals surface area contributed by atoms with E-state index < -0.39 is 0 Å². The molecule has 1 heterocycles. The zero-order valence-corrected chi connectivity index (χ0v) is 19.8. The van der Waals surface area contributed by atoms with Gasteiger partial charge in [-0.15, -0.1) is 0 Å². The maximum absolute atomic E-state index is 13.2. The molecule has 3 aromatic carbocycles. The highest BCUT2D eigenvalue weighted by Crippen LogP contribution is 2.24.